The lowest BCUT2D eigenvalue weighted by Crippen LogP contribution is -2.30. The van der Waals surface area contributed by atoms with Gasteiger partial charge in [0, 0.05) is 17.0 Å². The van der Waals surface area contributed by atoms with E-state index in [2.05, 4.69) is 15.9 Å². The van der Waals surface area contributed by atoms with Gasteiger partial charge in [0.15, 0.2) is 0 Å². The highest BCUT2D eigenvalue weighted by Gasteiger charge is 2.31. The molecule has 0 aromatic heterocycles. The van der Waals surface area contributed by atoms with Crippen LogP contribution in [0.4, 0.5) is 0 Å². The van der Waals surface area contributed by atoms with Crippen molar-refractivity contribution < 1.29 is 14.7 Å². The Hall–Kier alpha value is -1.18. The van der Waals surface area contributed by atoms with Gasteiger partial charge in [-0.25, -0.2) is 0 Å². The van der Waals surface area contributed by atoms with Gasteiger partial charge in [0.05, 0.1) is 4.91 Å². The van der Waals surface area contributed by atoms with Crippen LogP contribution in [-0.4, -0.2) is 27.6 Å². The average molecular weight is 385 g/mol. The number of carbonyl (C=O) groups is 2. The summed E-state index contributed by atoms with van der Waals surface area (Å²) in [5.74, 6) is -1.30. The van der Waals surface area contributed by atoms with Gasteiger partial charge in [-0.2, -0.15) is 0 Å². The van der Waals surface area contributed by atoms with Gasteiger partial charge in [0.2, 0.25) is 0 Å². The van der Waals surface area contributed by atoms with Crippen LogP contribution in [0.2, 0.25) is 0 Å². The number of carboxylic acid groups (broad SMARTS) is 1. The molecular weight excluding hydrogens is 374 g/mol. The molecule has 0 aliphatic carbocycles. The predicted molar refractivity (Wildman–Crippen MR) is 88.3 cm³/mol. The summed E-state index contributed by atoms with van der Waals surface area (Å²) in [6.45, 7) is 0.300. The highest BCUT2D eigenvalue weighted by atomic mass is 79.9. The zero-order chi connectivity index (χ0) is 15.4. The standard InChI is InChI=1S/C14H12BrNO3S2/c15-10-4-1-3-9(7-10)8-11-13(19)16(14(20)21-11)6-2-5-12(17)18/h1,3-4,7-8H,2,5-6H2,(H,17,18)/p-1/b11-8+. The molecule has 1 aromatic rings. The van der Waals surface area contributed by atoms with E-state index in [0.29, 0.717) is 22.2 Å². The van der Waals surface area contributed by atoms with E-state index >= 15 is 0 Å². The number of thioether (sulfide) groups is 1. The van der Waals surface area contributed by atoms with Crippen molar-refractivity contribution in [3.8, 4) is 0 Å². The van der Waals surface area contributed by atoms with Crippen LogP contribution in [0, 0.1) is 0 Å². The molecule has 110 valence electrons. The second-order valence-electron chi connectivity index (χ2n) is 4.36. The number of carbonyl (C=O) groups excluding carboxylic acids is 2. The molecule has 1 heterocycles. The van der Waals surface area contributed by atoms with Crippen LogP contribution in [-0.2, 0) is 9.59 Å². The number of thiocarbonyl (C=S) groups is 1. The molecule has 0 atom stereocenters. The van der Waals surface area contributed by atoms with Crippen LogP contribution in [0.1, 0.15) is 18.4 Å². The van der Waals surface area contributed by atoms with E-state index in [9.17, 15) is 14.7 Å². The molecule has 1 aliphatic heterocycles. The summed E-state index contributed by atoms with van der Waals surface area (Å²) in [5.41, 5.74) is 0.902. The van der Waals surface area contributed by atoms with Crippen molar-refractivity contribution in [2.75, 3.05) is 6.54 Å². The van der Waals surface area contributed by atoms with Crippen LogP contribution in [0.3, 0.4) is 0 Å². The summed E-state index contributed by atoms with van der Waals surface area (Å²) in [4.78, 5) is 24.6. The summed E-state index contributed by atoms with van der Waals surface area (Å²) in [6, 6.07) is 7.59. The molecule has 2 rings (SSSR count). The molecule has 0 saturated carbocycles. The van der Waals surface area contributed by atoms with Gasteiger partial charge in [0.1, 0.15) is 4.32 Å². The van der Waals surface area contributed by atoms with E-state index in [1.165, 1.54) is 16.7 Å². The van der Waals surface area contributed by atoms with Crippen molar-refractivity contribution >= 4 is 62.2 Å². The van der Waals surface area contributed by atoms with Crippen LogP contribution in [0.15, 0.2) is 33.6 Å². The fourth-order valence-electron chi connectivity index (χ4n) is 1.82. The van der Waals surface area contributed by atoms with Gasteiger partial charge in [-0.05, 0) is 36.6 Å². The SMILES string of the molecule is O=C([O-])CCCN1C(=O)/C(=C\c2cccc(Br)c2)SC1=S. The molecule has 1 aliphatic rings. The quantitative estimate of drug-likeness (QED) is 0.575. The Morgan fingerprint density at radius 3 is 2.90 bits per heavy atom. The fourth-order valence-corrected chi connectivity index (χ4v) is 3.55. The van der Waals surface area contributed by atoms with Gasteiger partial charge in [-0.15, -0.1) is 0 Å². The van der Waals surface area contributed by atoms with Crippen molar-refractivity contribution in [1.82, 2.24) is 4.90 Å². The first kappa shape index (κ1) is 16.2. The zero-order valence-corrected chi connectivity index (χ0v) is 14.1. The molecule has 1 fully saturated rings. The van der Waals surface area contributed by atoms with E-state index in [1.807, 2.05) is 24.3 Å². The van der Waals surface area contributed by atoms with E-state index < -0.39 is 5.97 Å². The number of benzene rings is 1. The number of rotatable bonds is 5. The van der Waals surface area contributed by atoms with Crippen LogP contribution in [0.25, 0.3) is 6.08 Å². The van der Waals surface area contributed by atoms with Crippen molar-refractivity contribution in [2.24, 2.45) is 0 Å². The Morgan fingerprint density at radius 1 is 1.48 bits per heavy atom. The van der Waals surface area contributed by atoms with Crippen LogP contribution in [0.5, 0.6) is 0 Å². The normalized spacial score (nSPS) is 16.8. The van der Waals surface area contributed by atoms with Crippen LogP contribution >= 0.6 is 39.9 Å². The Bertz CT molecular complexity index is 630. The molecule has 0 radical (unpaired) electrons. The van der Waals surface area contributed by atoms with Crippen molar-refractivity contribution in [2.45, 2.75) is 12.8 Å². The number of hydrogen-bond acceptors (Lipinski definition) is 5. The molecule has 1 amide bonds. The lowest BCUT2D eigenvalue weighted by Gasteiger charge is -2.14. The Morgan fingerprint density at radius 2 is 2.24 bits per heavy atom. The first-order valence-electron chi connectivity index (χ1n) is 6.18. The fraction of sp³-hybridized carbons (Fsp3) is 0.214. The van der Waals surface area contributed by atoms with Crippen LogP contribution < -0.4 is 5.11 Å². The van der Waals surface area contributed by atoms with Crippen molar-refractivity contribution in [3.05, 3.63) is 39.2 Å². The van der Waals surface area contributed by atoms with E-state index in [4.69, 9.17) is 12.2 Å². The number of hydrogen-bond donors (Lipinski definition) is 0. The summed E-state index contributed by atoms with van der Waals surface area (Å²) in [6.07, 6.45) is 2.03. The number of aliphatic carboxylic acids is 1. The first-order valence-corrected chi connectivity index (χ1v) is 8.20. The number of amides is 1. The predicted octanol–water partition coefficient (Wildman–Crippen LogP) is 2.18. The summed E-state index contributed by atoms with van der Waals surface area (Å²) < 4.78 is 1.39. The maximum atomic E-state index is 12.3. The second-order valence-corrected chi connectivity index (χ2v) is 6.96. The minimum Gasteiger partial charge on any atom is -0.550 e. The minimum absolute atomic E-state index is 0.0816. The first-order chi connectivity index (χ1) is 9.97. The third kappa shape index (κ3) is 4.39. The molecular formula is C14H11BrNO3S2-. The molecule has 21 heavy (non-hydrogen) atoms. The number of carboxylic acids is 1. The third-order valence-electron chi connectivity index (χ3n) is 2.78. The average Bonchev–Trinajstić information content (AvgIpc) is 2.66. The smallest absolute Gasteiger partial charge is 0.266 e. The molecule has 4 nitrogen and oxygen atoms in total. The Balaban J connectivity index is 2.08. The molecule has 0 spiro atoms. The molecule has 7 heteroatoms. The Kier molecular flexibility index (Phi) is 5.55. The van der Waals surface area contributed by atoms with E-state index in [-0.39, 0.29) is 12.3 Å². The Labute approximate surface area is 140 Å². The number of nitrogens with zero attached hydrogens (tertiary/aromatic N) is 1. The summed E-state index contributed by atoms with van der Waals surface area (Å²) >= 11 is 9.78. The minimum atomic E-state index is -1.12. The maximum Gasteiger partial charge on any atom is 0.266 e. The highest BCUT2D eigenvalue weighted by molar-refractivity contribution is 9.10. The van der Waals surface area contributed by atoms with E-state index in [1.54, 1.807) is 6.08 Å². The van der Waals surface area contributed by atoms with Gasteiger partial charge < -0.3 is 9.90 Å². The monoisotopic (exact) mass is 384 g/mol. The lowest BCUT2D eigenvalue weighted by atomic mass is 10.2. The third-order valence-corrected chi connectivity index (χ3v) is 4.65. The van der Waals surface area contributed by atoms with Gasteiger partial charge in [0.25, 0.3) is 5.91 Å². The summed E-state index contributed by atoms with van der Waals surface area (Å²) in [5, 5.41) is 10.4. The van der Waals surface area contributed by atoms with Gasteiger partial charge in [-0.1, -0.05) is 52.0 Å². The molecule has 0 unspecified atom stereocenters. The maximum absolute atomic E-state index is 12.3. The van der Waals surface area contributed by atoms with Gasteiger partial charge in [-0.3, -0.25) is 9.69 Å². The molecule has 0 bridgehead atoms. The number of halogens is 1. The lowest BCUT2D eigenvalue weighted by molar-refractivity contribution is -0.305. The van der Waals surface area contributed by atoms with Crippen molar-refractivity contribution in [1.29, 1.82) is 0 Å². The molecule has 1 saturated heterocycles. The topological polar surface area (TPSA) is 60.4 Å². The zero-order valence-electron chi connectivity index (χ0n) is 10.9. The second kappa shape index (κ2) is 7.20. The molecule has 1 aromatic carbocycles. The largest absolute Gasteiger partial charge is 0.550 e. The highest BCUT2D eigenvalue weighted by Crippen LogP contribution is 2.32. The van der Waals surface area contributed by atoms with Gasteiger partial charge >= 0.3 is 0 Å². The summed E-state index contributed by atoms with van der Waals surface area (Å²) in [7, 11) is 0. The van der Waals surface area contributed by atoms with Crippen molar-refractivity contribution in [3.63, 3.8) is 0 Å². The van der Waals surface area contributed by atoms with E-state index in [0.717, 1.165) is 10.0 Å². The molecule has 0 N–H and O–H groups in total.